The van der Waals surface area contributed by atoms with Crippen LogP contribution in [0.2, 0.25) is 0 Å². The van der Waals surface area contributed by atoms with E-state index in [2.05, 4.69) is 4.90 Å². The Balaban J connectivity index is 2.01. The Morgan fingerprint density at radius 2 is 2.32 bits per heavy atom. The average molecular weight is 266 g/mol. The summed E-state index contributed by atoms with van der Waals surface area (Å²) in [5.74, 6) is -0.662. The molecule has 2 unspecified atom stereocenters. The quantitative estimate of drug-likeness (QED) is 0.834. The summed E-state index contributed by atoms with van der Waals surface area (Å²) in [6.45, 7) is 1.92. The molecule has 1 aromatic carbocycles. The van der Waals surface area contributed by atoms with Crippen LogP contribution in [0.5, 0.6) is 0 Å². The van der Waals surface area contributed by atoms with Gasteiger partial charge in [0, 0.05) is 25.7 Å². The highest BCUT2D eigenvalue weighted by molar-refractivity contribution is 5.72. The van der Waals surface area contributed by atoms with Gasteiger partial charge in [0.15, 0.2) is 0 Å². The maximum Gasteiger partial charge on any atom is 0.310 e. The average Bonchev–Trinajstić information content (AvgIpc) is 2.37. The molecule has 5 heteroatoms. The Morgan fingerprint density at radius 3 is 3.00 bits per heavy atom. The lowest BCUT2D eigenvalue weighted by Gasteiger charge is -2.35. The molecule has 0 saturated carbocycles. The fraction of sp³-hybridized carbons (Fsp3) is 0.500. The maximum atomic E-state index is 13.1. The van der Waals surface area contributed by atoms with E-state index < -0.39 is 0 Å². The molecule has 1 saturated heterocycles. The van der Waals surface area contributed by atoms with E-state index in [0.29, 0.717) is 26.1 Å². The third kappa shape index (κ3) is 3.75. The molecule has 0 radical (unpaired) electrons. The minimum Gasteiger partial charge on any atom is -0.469 e. The molecule has 1 aliphatic rings. The van der Waals surface area contributed by atoms with Gasteiger partial charge in [-0.05, 0) is 24.1 Å². The summed E-state index contributed by atoms with van der Waals surface area (Å²) in [5.41, 5.74) is 6.85. The van der Waals surface area contributed by atoms with Gasteiger partial charge in [0.2, 0.25) is 0 Å². The normalized spacial score (nSPS) is 24.2. The van der Waals surface area contributed by atoms with E-state index in [4.69, 9.17) is 10.5 Å². The molecule has 1 aliphatic heterocycles. The molecule has 0 aromatic heterocycles. The summed E-state index contributed by atoms with van der Waals surface area (Å²) >= 11 is 0. The molecule has 0 aliphatic carbocycles. The number of esters is 1. The molecule has 0 amide bonds. The van der Waals surface area contributed by atoms with Crippen LogP contribution in [0, 0.1) is 11.7 Å². The number of nitrogens with zero attached hydrogens (tertiary/aromatic N) is 1. The number of likely N-dealkylation sites (tertiary alicyclic amines) is 1. The van der Waals surface area contributed by atoms with Crippen molar-refractivity contribution in [2.24, 2.45) is 11.7 Å². The number of hydrogen-bond donors (Lipinski definition) is 1. The fourth-order valence-electron chi connectivity index (χ4n) is 2.59. The predicted octanol–water partition coefficient (Wildman–Crippen LogP) is 1.15. The third-order valence-electron chi connectivity index (χ3n) is 3.39. The molecule has 1 fully saturated rings. The second-order valence-electron chi connectivity index (χ2n) is 5.04. The number of hydrogen-bond acceptors (Lipinski definition) is 4. The van der Waals surface area contributed by atoms with Crippen molar-refractivity contribution in [3.63, 3.8) is 0 Å². The summed E-state index contributed by atoms with van der Waals surface area (Å²) in [7, 11) is 1.39. The summed E-state index contributed by atoms with van der Waals surface area (Å²) in [4.78, 5) is 13.7. The highest BCUT2D eigenvalue weighted by Gasteiger charge is 2.30. The zero-order valence-electron chi connectivity index (χ0n) is 11.0. The number of nitrogens with two attached hydrogens (primary N) is 1. The summed E-state index contributed by atoms with van der Waals surface area (Å²) in [6.07, 6.45) is 0.645. The van der Waals surface area contributed by atoms with E-state index in [1.165, 1.54) is 19.2 Å². The van der Waals surface area contributed by atoms with Crippen LogP contribution in [-0.4, -0.2) is 37.1 Å². The van der Waals surface area contributed by atoms with Crippen LogP contribution in [0.4, 0.5) is 4.39 Å². The van der Waals surface area contributed by atoms with Crippen molar-refractivity contribution in [2.45, 2.75) is 19.0 Å². The van der Waals surface area contributed by atoms with E-state index in [1.807, 2.05) is 6.07 Å². The largest absolute Gasteiger partial charge is 0.469 e. The van der Waals surface area contributed by atoms with Crippen LogP contribution in [0.15, 0.2) is 24.3 Å². The Morgan fingerprint density at radius 1 is 1.53 bits per heavy atom. The molecule has 0 spiro atoms. The molecule has 1 aromatic rings. The van der Waals surface area contributed by atoms with Crippen LogP contribution in [0.1, 0.15) is 12.0 Å². The van der Waals surface area contributed by atoms with Gasteiger partial charge in [-0.15, -0.1) is 0 Å². The number of ether oxygens (including phenoxy) is 1. The Bertz CT molecular complexity index is 453. The van der Waals surface area contributed by atoms with Crippen molar-refractivity contribution in [3.05, 3.63) is 35.6 Å². The van der Waals surface area contributed by atoms with Gasteiger partial charge in [-0.3, -0.25) is 9.69 Å². The number of carbonyl (C=O) groups excluding carboxylic acids is 1. The van der Waals surface area contributed by atoms with Gasteiger partial charge in [-0.2, -0.15) is 0 Å². The number of methoxy groups -OCH3 is 1. The zero-order valence-corrected chi connectivity index (χ0v) is 11.0. The van der Waals surface area contributed by atoms with E-state index in [-0.39, 0.29) is 23.7 Å². The number of rotatable bonds is 3. The Labute approximate surface area is 112 Å². The van der Waals surface area contributed by atoms with Crippen molar-refractivity contribution >= 4 is 5.97 Å². The van der Waals surface area contributed by atoms with Crippen molar-refractivity contribution < 1.29 is 13.9 Å². The molecule has 1 heterocycles. The molecule has 19 heavy (non-hydrogen) atoms. The van der Waals surface area contributed by atoms with E-state index >= 15 is 0 Å². The molecule has 4 nitrogen and oxygen atoms in total. The molecule has 104 valence electrons. The first kappa shape index (κ1) is 14.0. The maximum absolute atomic E-state index is 13.1. The van der Waals surface area contributed by atoms with Crippen molar-refractivity contribution in [2.75, 3.05) is 20.2 Å². The lowest BCUT2D eigenvalue weighted by atomic mass is 9.94. The number of benzene rings is 1. The van der Waals surface area contributed by atoms with Gasteiger partial charge in [0.25, 0.3) is 0 Å². The SMILES string of the molecule is COC(=O)C1CC(N)CN(Cc2cccc(F)c2)C1. The van der Waals surface area contributed by atoms with Gasteiger partial charge in [0.05, 0.1) is 13.0 Å². The summed E-state index contributed by atoms with van der Waals surface area (Å²) in [6, 6.07) is 6.44. The first-order chi connectivity index (χ1) is 9.08. The van der Waals surface area contributed by atoms with E-state index in [1.54, 1.807) is 6.07 Å². The summed E-state index contributed by atoms with van der Waals surface area (Å²) < 4.78 is 17.9. The van der Waals surface area contributed by atoms with Gasteiger partial charge >= 0.3 is 5.97 Å². The summed E-state index contributed by atoms with van der Waals surface area (Å²) in [5, 5.41) is 0. The number of carbonyl (C=O) groups is 1. The van der Waals surface area contributed by atoms with Crippen LogP contribution in [0.3, 0.4) is 0 Å². The van der Waals surface area contributed by atoms with E-state index in [9.17, 15) is 9.18 Å². The van der Waals surface area contributed by atoms with Gasteiger partial charge < -0.3 is 10.5 Å². The first-order valence-corrected chi connectivity index (χ1v) is 6.38. The molecule has 2 N–H and O–H groups in total. The molecule has 2 atom stereocenters. The monoisotopic (exact) mass is 266 g/mol. The van der Waals surface area contributed by atoms with Crippen LogP contribution in [-0.2, 0) is 16.1 Å². The second-order valence-corrected chi connectivity index (χ2v) is 5.04. The predicted molar refractivity (Wildman–Crippen MR) is 69.8 cm³/mol. The lowest BCUT2D eigenvalue weighted by molar-refractivity contribution is -0.147. The van der Waals surface area contributed by atoms with Gasteiger partial charge in [0.1, 0.15) is 5.82 Å². The minimum atomic E-state index is -0.247. The fourth-order valence-corrected chi connectivity index (χ4v) is 2.59. The second kappa shape index (κ2) is 6.12. The van der Waals surface area contributed by atoms with Crippen molar-refractivity contribution in [1.82, 2.24) is 4.90 Å². The number of piperidine rings is 1. The Kier molecular flexibility index (Phi) is 4.50. The van der Waals surface area contributed by atoms with Crippen molar-refractivity contribution in [1.29, 1.82) is 0 Å². The molecular weight excluding hydrogens is 247 g/mol. The van der Waals surface area contributed by atoms with Crippen LogP contribution < -0.4 is 5.73 Å². The topological polar surface area (TPSA) is 55.6 Å². The molecular formula is C14H19FN2O2. The van der Waals surface area contributed by atoms with Crippen LogP contribution in [0.25, 0.3) is 0 Å². The van der Waals surface area contributed by atoms with Crippen molar-refractivity contribution in [3.8, 4) is 0 Å². The van der Waals surface area contributed by atoms with E-state index in [0.717, 1.165) is 5.56 Å². The van der Waals surface area contributed by atoms with Gasteiger partial charge in [-0.1, -0.05) is 12.1 Å². The minimum absolute atomic E-state index is 0.0496. The number of halogens is 1. The first-order valence-electron chi connectivity index (χ1n) is 6.38. The Hall–Kier alpha value is -1.46. The third-order valence-corrected chi connectivity index (χ3v) is 3.39. The van der Waals surface area contributed by atoms with Gasteiger partial charge in [-0.25, -0.2) is 4.39 Å². The smallest absolute Gasteiger partial charge is 0.310 e. The van der Waals surface area contributed by atoms with Crippen LogP contribution >= 0.6 is 0 Å². The highest BCUT2D eigenvalue weighted by atomic mass is 19.1. The molecule has 2 rings (SSSR count). The zero-order chi connectivity index (χ0) is 13.8. The lowest BCUT2D eigenvalue weighted by Crippen LogP contribution is -2.48. The highest BCUT2D eigenvalue weighted by Crippen LogP contribution is 2.19. The standard InChI is InChI=1S/C14H19FN2O2/c1-19-14(18)11-6-13(16)9-17(8-11)7-10-3-2-4-12(15)5-10/h2-5,11,13H,6-9,16H2,1H3. The molecule has 0 bridgehead atoms.